The Bertz CT molecular complexity index is 646. The van der Waals surface area contributed by atoms with Crippen LogP contribution < -0.4 is 5.32 Å². The Morgan fingerprint density at radius 2 is 2.09 bits per heavy atom. The standard InChI is InChI=1S/C14H15N5O3S/c20-11-2-1-10(17-18-11)13(22)19-6-3-9(4-7-19)12(21)16-14-15-5-8-23-14/h1-2,5,8-10H,3-4,6-7H2,(H,15,16,21). The van der Waals surface area contributed by atoms with Crippen molar-refractivity contribution in [3.63, 3.8) is 0 Å². The van der Waals surface area contributed by atoms with E-state index in [4.69, 9.17) is 0 Å². The van der Waals surface area contributed by atoms with Gasteiger partial charge in [0, 0.05) is 36.7 Å². The normalized spacial score (nSPS) is 21.5. The number of nitrogens with zero attached hydrogens (tertiary/aromatic N) is 4. The molecule has 1 saturated heterocycles. The molecule has 8 nitrogen and oxygen atoms in total. The van der Waals surface area contributed by atoms with Crippen molar-refractivity contribution in [2.45, 2.75) is 18.9 Å². The maximum Gasteiger partial charge on any atom is 0.287 e. The molecule has 120 valence electrons. The number of rotatable bonds is 3. The van der Waals surface area contributed by atoms with Crippen molar-refractivity contribution in [1.29, 1.82) is 0 Å². The number of likely N-dealkylation sites (tertiary alicyclic amines) is 1. The number of hydrogen-bond donors (Lipinski definition) is 1. The summed E-state index contributed by atoms with van der Waals surface area (Å²) in [6.07, 6.45) is 5.53. The van der Waals surface area contributed by atoms with E-state index >= 15 is 0 Å². The van der Waals surface area contributed by atoms with Gasteiger partial charge >= 0.3 is 0 Å². The van der Waals surface area contributed by atoms with Gasteiger partial charge in [0.05, 0.1) is 0 Å². The first kappa shape index (κ1) is 15.5. The molecule has 0 aromatic carbocycles. The average Bonchev–Trinajstić information content (AvgIpc) is 3.08. The summed E-state index contributed by atoms with van der Waals surface area (Å²) in [5, 5.41) is 12.3. The molecule has 2 aliphatic rings. The Kier molecular flexibility index (Phi) is 4.56. The summed E-state index contributed by atoms with van der Waals surface area (Å²) >= 11 is 1.37. The maximum atomic E-state index is 12.3. The summed E-state index contributed by atoms with van der Waals surface area (Å²) in [4.78, 5) is 41.1. The largest absolute Gasteiger partial charge is 0.340 e. The first-order valence-corrected chi connectivity index (χ1v) is 8.13. The highest BCUT2D eigenvalue weighted by Crippen LogP contribution is 2.21. The van der Waals surface area contributed by atoms with Gasteiger partial charge < -0.3 is 10.2 Å². The number of piperidine rings is 1. The van der Waals surface area contributed by atoms with Crippen LogP contribution in [0.2, 0.25) is 0 Å². The van der Waals surface area contributed by atoms with Gasteiger partial charge in [-0.25, -0.2) is 4.98 Å². The summed E-state index contributed by atoms with van der Waals surface area (Å²) in [5.41, 5.74) is 0. The van der Waals surface area contributed by atoms with Crippen LogP contribution in [0.5, 0.6) is 0 Å². The van der Waals surface area contributed by atoms with Crippen LogP contribution >= 0.6 is 11.3 Å². The van der Waals surface area contributed by atoms with Crippen molar-refractivity contribution in [2.75, 3.05) is 18.4 Å². The first-order chi connectivity index (χ1) is 11.1. The van der Waals surface area contributed by atoms with Crippen molar-refractivity contribution in [3.05, 3.63) is 23.7 Å². The van der Waals surface area contributed by atoms with Gasteiger partial charge in [-0.15, -0.1) is 16.5 Å². The zero-order chi connectivity index (χ0) is 16.2. The van der Waals surface area contributed by atoms with Crippen molar-refractivity contribution in [1.82, 2.24) is 9.88 Å². The molecule has 1 N–H and O–H groups in total. The molecular formula is C14H15N5O3S. The summed E-state index contributed by atoms with van der Waals surface area (Å²) in [7, 11) is 0. The predicted molar refractivity (Wildman–Crippen MR) is 82.8 cm³/mol. The molecule has 0 spiro atoms. The molecule has 2 aliphatic heterocycles. The molecule has 1 atom stereocenters. The van der Waals surface area contributed by atoms with E-state index in [0.717, 1.165) is 0 Å². The molecule has 0 aliphatic carbocycles. The minimum atomic E-state index is -0.728. The van der Waals surface area contributed by atoms with Gasteiger partial charge in [0.1, 0.15) is 0 Å². The van der Waals surface area contributed by atoms with Gasteiger partial charge in [-0.1, -0.05) is 0 Å². The number of anilines is 1. The van der Waals surface area contributed by atoms with Gasteiger partial charge in [0.25, 0.3) is 11.8 Å². The van der Waals surface area contributed by atoms with E-state index in [1.165, 1.54) is 23.5 Å². The lowest BCUT2D eigenvalue weighted by atomic mass is 9.95. The number of carbonyl (C=O) groups excluding carboxylic acids is 3. The topological polar surface area (TPSA) is 104 Å². The zero-order valence-corrected chi connectivity index (χ0v) is 13.0. The lowest BCUT2D eigenvalue weighted by molar-refractivity contribution is -0.134. The molecular weight excluding hydrogens is 318 g/mol. The van der Waals surface area contributed by atoms with Crippen LogP contribution in [0.1, 0.15) is 12.8 Å². The number of carbonyl (C=O) groups is 3. The fourth-order valence-electron chi connectivity index (χ4n) is 2.54. The van der Waals surface area contributed by atoms with Crippen molar-refractivity contribution in [2.24, 2.45) is 16.1 Å². The molecule has 1 fully saturated rings. The van der Waals surface area contributed by atoms with E-state index in [9.17, 15) is 14.4 Å². The van der Waals surface area contributed by atoms with Crippen LogP contribution in [0.3, 0.4) is 0 Å². The fraction of sp³-hybridized carbons (Fsp3) is 0.429. The average molecular weight is 333 g/mol. The SMILES string of the molecule is O=C1C=CC(C(=O)N2CCC(C(=O)Nc3nccs3)CC2)N=N1. The van der Waals surface area contributed by atoms with Gasteiger partial charge in [-0.3, -0.25) is 14.4 Å². The molecule has 0 radical (unpaired) electrons. The van der Waals surface area contributed by atoms with Crippen LogP contribution in [0.25, 0.3) is 0 Å². The Hall–Kier alpha value is -2.42. The van der Waals surface area contributed by atoms with Gasteiger partial charge in [0.15, 0.2) is 11.2 Å². The monoisotopic (exact) mass is 333 g/mol. The zero-order valence-electron chi connectivity index (χ0n) is 12.2. The predicted octanol–water partition coefficient (Wildman–Crippen LogP) is 1.24. The van der Waals surface area contributed by atoms with Gasteiger partial charge in [-0.2, -0.15) is 5.11 Å². The molecule has 0 saturated carbocycles. The van der Waals surface area contributed by atoms with Crippen molar-refractivity contribution in [3.8, 4) is 0 Å². The van der Waals surface area contributed by atoms with Gasteiger partial charge in [0.2, 0.25) is 5.91 Å². The Morgan fingerprint density at radius 3 is 2.70 bits per heavy atom. The molecule has 1 aromatic heterocycles. The van der Waals surface area contributed by atoms with E-state index in [0.29, 0.717) is 31.1 Å². The summed E-state index contributed by atoms with van der Waals surface area (Å²) < 4.78 is 0. The third-order valence-electron chi connectivity index (χ3n) is 3.79. The summed E-state index contributed by atoms with van der Waals surface area (Å²) in [5.74, 6) is -0.828. The molecule has 0 bridgehead atoms. The van der Waals surface area contributed by atoms with Crippen LogP contribution in [0.15, 0.2) is 34.0 Å². The molecule has 9 heteroatoms. The molecule has 1 unspecified atom stereocenters. The third kappa shape index (κ3) is 3.67. The lowest BCUT2D eigenvalue weighted by Crippen LogP contribution is -2.45. The minimum Gasteiger partial charge on any atom is -0.340 e. The molecule has 1 aromatic rings. The summed E-state index contributed by atoms with van der Waals surface area (Å²) in [6, 6.07) is -0.728. The number of aromatic nitrogens is 1. The highest BCUT2D eigenvalue weighted by molar-refractivity contribution is 7.13. The van der Waals surface area contributed by atoms with Crippen molar-refractivity contribution >= 4 is 34.2 Å². The highest BCUT2D eigenvalue weighted by Gasteiger charge is 2.31. The van der Waals surface area contributed by atoms with E-state index in [1.54, 1.807) is 16.5 Å². The van der Waals surface area contributed by atoms with E-state index in [1.807, 2.05) is 0 Å². The Labute approximate surface area is 136 Å². The van der Waals surface area contributed by atoms with Crippen molar-refractivity contribution < 1.29 is 14.4 Å². The lowest BCUT2D eigenvalue weighted by Gasteiger charge is -2.32. The van der Waals surface area contributed by atoms with E-state index < -0.39 is 11.9 Å². The smallest absolute Gasteiger partial charge is 0.287 e. The molecule has 3 rings (SSSR count). The minimum absolute atomic E-state index is 0.0603. The number of thiazole rings is 1. The maximum absolute atomic E-state index is 12.3. The number of hydrogen-bond acceptors (Lipinski definition) is 6. The number of amides is 3. The fourth-order valence-corrected chi connectivity index (χ4v) is 3.07. The third-order valence-corrected chi connectivity index (χ3v) is 4.48. The van der Waals surface area contributed by atoms with Crippen LogP contribution in [0, 0.1) is 5.92 Å². The van der Waals surface area contributed by atoms with Crippen LogP contribution in [0.4, 0.5) is 5.13 Å². The second-order valence-corrected chi connectivity index (χ2v) is 6.18. The van der Waals surface area contributed by atoms with Crippen LogP contribution in [-0.4, -0.2) is 46.7 Å². The quantitative estimate of drug-likeness (QED) is 0.898. The molecule has 23 heavy (non-hydrogen) atoms. The Morgan fingerprint density at radius 1 is 1.30 bits per heavy atom. The first-order valence-electron chi connectivity index (χ1n) is 7.25. The second kappa shape index (κ2) is 6.78. The highest BCUT2D eigenvalue weighted by atomic mass is 32.1. The van der Waals surface area contributed by atoms with E-state index in [2.05, 4.69) is 20.5 Å². The Balaban J connectivity index is 1.51. The number of azo groups is 1. The molecule has 3 amide bonds. The van der Waals surface area contributed by atoms with Gasteiger partial charge in [-0.05, 0) is 18.9 Å². The number of nitrogens with one attached hydrogen (secondary N) is 1. The van der Waals surface area contributed by atoms with E-state index in [-0.39, 0.29) is 17.7 Å². The molecule has 3 heterocycles. The second-order valence-electron chi connectivity index (χ2n) is 5.28. The summed E-state index contributed by atoms with van der Waals surface area (Å²) in [6.45, 7) is 0.977. The van der Waals surface area contributed by atoms with Crippen LogP contribution in [-0.2, 0) is 14.4 Å².